The maximum absolute atomic E-state index is 14.1. The molecule has 0 aromatic heterocycles. The van der Waals surface area contributed by atoms with E-state index in [0.29, 0.717) is 17.7 Å². The third-order valence-electron chi connectivity index (χ3n) is 2.54. The molecule has 0 atom stereocenters. The minimum Gasteiger partial charge on any atom is -0.491 e. The Labute approximate surface area is 120 Å². The average Bonchev–Trinajstić information content (AvgIpc) is 2.43. The summed E-state index contributed by atoms with van der Waals surface area (Å²) in [7, 11) is 0. The normalized spacial score (nSPS) is 10.3. The molecule has 2 aromatic rings. The zero-order valence-corrected chi connectivity index (χ0v) is 12.1. The summed E-state index contributed by atoms with van der Waals surface area (Å²) in [5.74, 6) is -0.101. The van der Waals surface area contributed by atoms with Crippen LogP contribution < -0.4 is 9.47 Å². The quantitative estimate of drug-likeness (QED) is 0.802. The van der Waals surface area contributed by atoms with Crippen molar-refractivity contribution in [1.29, 1.82) is 0 Å². The molecule has 0 aliphatic rings. The molecular formula is C15H14BrFO2. The number of ether oxygens (including phenoxy) is 2. The van der Waals surface area contributed by atoms with Gasteiger partial charge in [0.15, 0.2) is 11.5 Å². The smallest absolute Gasteiger partial charge is 0.208 e. The van der Waals surface area contributed by atoms with Crippen LogP contribution in [0.5, 0.6) is 11.5 Å². The van der Waals surface area contributed by atoms with Gasteiger partial charge in [-0.25, -0.2) is 0 Å². The average molecular weight is 325 g/mol. The van der Waals surface area contributed by atoms with Crippen molar-refractivity contribution in [1.82, 2.24) is 0 Å². The van der Waals surface area contributed by atoms with E-state index in [1.165, 1.54) is 0 Å². The Morgan fingerprint density at radius 2 is 1.79 bits per heavy atom. The van der Waals surface area contributed by atoms with Crippen molar-refractivity contribution in [3.8, 4) is 11.5 Å². The molecule has 0 unspecified atom stereocenters. The van der Waals surface area contributed by atoms with E-state index in [0.717, 1.165) is 5.56 Å². The topological polar surface area (TPSA) is 18.5 Å². The molecule has 0 aliphatic carbocycles. The fourth-order valence-electron chi connectivity index (χ4n) is 1.64. The highest BCUT2D eigenvalue weighted by Gasteiger charge is 2.14. The van der Waals surface area contributed by atoms with Crippen molar-refractivity contribution in [2.75, 3.05) is 6.61 Å². The Hall–Kier alpha value is -1.55. The van der Waals surface area contributed by atoms with Crippen molar-refractivity contribution in [3.63, 3.8) is 0 Å². The Morgan fingerprint density at radius 3 is 2.47 bits per heavy atom. The van der Waals surface area contributed by atoms with Crippen LogP contribution >= 0.6 is 15.9 Å². The van der Waals surface area contributed by atoms with Gasteiger partial charge in [0.05, 0.1) is 11.1 Å². The van der Waals surface area contributed by atoms with Gasteiger partial charge >= 0.3 is 0 Å². The maximum Gasteiger partial charge on any atom is 0.208 e. The Bertz CT molecular complexity index is 543. The molecular weight excluding hydrogens is 311 g/mol. The summed E-state index contributed by atoms with van der Waals surface area (Å²) in [6.45, 7) is 2.54. The Kier molecular flexibility index (Phi) is 4.80. The summed E-state index contributed by atoms with van der Waals surface area (Å²) in [4.78, 5) is 0. The second-order valence-electron chi connectivity index (χ2n) is 3.90. The van der Waals surface area contributed by atoms with Gasteiger partial charge in [0, 0.05) is 0 Å². The van der Waals surface area contributed by atoms with E-state index >= 15 is 0 Å². The van der Waals surface area contributed by atoms with Crippen LogP contribution in [0.15, 0.2) is 46.9 Å². The fraction of sp³-hybridized carbons (Fsp3) is 0.200. The van der Waals surface area contributed by atoms with E-state index in [-0.39, 0.29) is 11.5 Å². The first-order chi connectivity index (χ1) is 9.22. The molecule has 0 N–H and O–H groups in total. The molecule has 19 heavy (non-hydrogen) atoms. The molecule has 0 saturated carbocycles. The highest BCUT2D eigenvalue weighted by atomic mass is 79.9. The molecule has 0 aliphatic heterocycles. The first kappa shape index (κ1) is 13.9. The lowest BCUT2D eigenvalue weighted by atomic mass is 10.2. The van der Waals surface area contributed by atoms with Gasteiger partial charge in [0.1, 0.15) is 6.61 Å². The number of hydrogen-bond donors (Lipinski definition) is 0. The summed E-state index contributed by atoms with van der Waals surface area (Å²) < 4.78 is 25.5. The lowest BCUT2D eigenvalue weighted by Crippen LogP contribution is -2.01. The van der Waals surface area contributed by atoms with Crippen LogP contribution in [-0.4, -0.2) is 6.61 Å². The summed E-state index contributed by atoms with van der Waals surface area (Å²) >= 11 is 3.29. The molecule has 0 radical (unpaired) electrons. The summed E-state index contributed by atoms with van der Waals surface area (Å²) in [5.41, 5.74) is 0.982. The van der Waals surface area contributed by atoms with Crippen molar-refractivity contribution in [2.24, 2.45) is 0 Å². The van der Waals surface area contributed by atoms with Gasteiger partial charge in [-0.1, -0.05) is 30.3 Å². The van der Waals surface area contributed by atoms with Gasteiger partial charge in [-0.2, -0.15) is 4.39 Å². The van der Waals surface area contributed by atoms with E-state index in [1.807, 2.05) is 37.3 Å². The highest BCUT2D eigenvalue weighted by molar-refractivity contribution is 9.10. The minimum atomic E-state index is -0.479. The highest BCUT2D eigenvalue weighted by Crippen LogP contribution is 2.34. The van der Waals surface area contributed by atoms with E-state index in [2.05, 4.69) is 15.9 Å². The Morgan fingerprint density at radius 1 is 1.05 bits per heavy atom. The molecule has 100 valence electrons. The number of halogens is 2. The number of hydrogen-bond acceptors (Lipinski definition) is 2. The summed E-state index contributed by atoms with van der Waals surface area (Å²) in [6.07, 6.45) is 0. The fourth-order valence-corrected chi connectivity index (χ4v) is 2.06. The number of rotatable bonds is 5. The maximum atomic E-state index is 14.1. The van der Waals surface area contributed by atoms with Crippen LogP contribution in [0.2, 0.25) is 0 Å². The van der Waals surface area contributed by atoms with E-state index in [9.17, 15) is 4.39 Å². The Balaban J connectivity index is 2.17. The van der Waals surface area contributed by atoms with Gasteiger partial charge in [0.2, 0.25) is 5.82 Å². The van der Waals surface area contributed by atoms with Crippen molar-refractivity contribution in [2.45, 2.75) is 13.5 Å². The second-order valence-corrected chi connectivity index (χ2v) is 4.75. The predicted octanol–water partition coefficient (Wildman–Crippen LogP) is 4.57. The third-order valence-corrected chi connectivity index (χ3v) is 3.16. The predicted molar refractivity (Wildman–Crippen MR) is 76.0 cm³/mol. The van der Waals surface area contributed by atoms with Crippen LogP contribution in [0, 0.1) is 5.82 Å². The molecule has 4 heteroatoms. The minimum absolute atomic E-state index is 0.176. The summed E-state index contributed by atoms with van der Waals surface area (Å²) in [6, 6.07) is 12.9. The zero-order valence-electron chi connectivity index (χ0n) is 10.5. The number of benzene rings is 2. The molecule has 0 fully saturated rings. The molecule has 2 aromatic carbocycles. The second kappa shape index (κ2) is 6.57. The molecule has 2 nitrogen and oxygen atoms in total. The van der Waals surface area contributed by atoms with Gasteiger partial charge in [0.25, 0.3) is 0 Å². The van der Waals surface area contributed by atoms with E-state index in [4.69, 9.17) is 9.47 Å². The first-order valence-electron chi connectivity index (χ1n) is 6.00. The monoisotopic (exact) mass is 324 g/mol. The van der Waals surface area contributed by atoms with Crippen LogP contribution in [-0.2, 0) is 6.61 Å². The van der Waals surface area contributed by atoms with Crippen molar-refractivity contribution in [3.05, 3.63) is 58.3 Å². The molecule has 0 saturated heterocycles. The van der Waals surface area contributed by atoms with Crippen molar-refractivity contribution < 1.29 is 13.9 Å². The van der Waals surface area contributed by atoms with Crippen LogP contribution in [0.4, 0.5) is 4.39 Å². The van der Waals surface area contributed by atoms with E-state index < -0.39 is 5.82 Å². The molecule has 0 amide bonds. The standard InChI is InChI=1S/C15H14BrFO2/c1-2-18-13-9-8-12(16)15(14(13)17)19-10-11-6-4-3-5-7-11/h3-9H,2,10H2,1H3. The van der Waals surface area contributed by atoms with Gasteiger partial charge in [-0.15, -0.1) is 0 Å². The largest absolute Gasteiger partial charge is 0.491 e. The van der Waals surface area contributed by atoms with Crippen LogP contribution in [0.1, 0.15) is 12.5 Å². The van der Waals surface area contributed by atoms with Gasteiger partial charge in [-0.05, 0) is 40.5 Å². The third kappa shape index (κ3) is 3.47. The SMILES string of the molecule is CCOc1ccc(Br)c(OCc2ccccc2)c1F. The molecule has 2 rings (SSSR count). The molecule has 0 spiro atoms. The molecule has 0 bridgehead atoms. The van der Waals surface area contributed by atoms with Crippen LogP contribution in [0.25, 0.3) is 0 Å². The molecule has 0 heterocycles. The first-order valence-corrected chi connectivity index (χ1v) is 6.79. The van der Waals surface area contributed by atoms with Crippen molar-refractivity contribution >= 4 is 15.9 Å². The lowest BCUT2D eigenvalue weighted by molar-refractivity contribution is 0.272. The van der Waals surface area contributed by atoms with Gasteiger partial charge < -0.3 is 9.47 Å². The zero-order chi connectivity index (χ0) is 13.7. The summed E-state index contributed by atoms with van der Waals surface area (Å²) in [5, 5.41) is 0. The van der Waals surface area contributed by atoms with Gasteiger partial charge in [-0.3, -0.25) is 0 Å². The van der Waals surface area contributed by atoms with Crippen LogP contribution in [0.3, 0.4) is 0 Å². The lowest BCUT2D eigenvalue weighted by Gasteiger charge is -2.12. The van der Waals surface area contributed by atoms with E-state index in [1.54, 1.807) is 12.1 Å².